The Morgan fingerprint density at radius 3 is 2.42 bits per heavy atom. The van der Waals surface area contributed by atoms with Crippen LogP contribution in [0.3, 0.4) is 0 Å². The van der Waals surface area contributed by atoms with E-state index in [1.54, 1.807) is 30.3 Å². The maximum absolute atomic E-state index is 13.0. The number of nitrogens with zero attached hydrogens (tertiary/aromatic N) is 1. The van der Waals surface area contributed by atoms with E-state index in [2.05, 4.69) is 52.9 Å². The van der Waals surface area contributed by atoms with Crippen LogP contribution in [0, 0.1) is 3.57 Å². The summed E-state index contributed by atoms with van der Waals surface area (Å²) < 4.78 is 13.0. The average Bonchev–Trinajstić information content (AvgIpc) is 3.16. The van der Waals surface area contributed by atoms with Crippen LogP contribution >= 0.6 is 34.4 Å². The van der Waals surface area contributed by atoms with Gasteiger partial charge in [-0.3, -0.25) is 9.59 Å². The van der Waals surface area contributed by atoms with Gasteiger partial charge < -0.3 is 9.47 Å². The molecule has 4 aromatic carbocycles. The number of anilines is 1. The van der Waals surface area contributed by atoms with Gasteiger partial charge in [-0.25, -0.2) is 4.90 Å². The molecule has 5 nitrogen and oxygen atoms in total. The summed E-state index contributed by atoms with van der Waals surface area (Å²) in [4.78, 5) is 27.1. The smallest absolute Gasteiger partial charge is 0.298 e. The summed E-state index contributed by atoms with van der Waals surface area (Å²) in [7, 11) is 0. The Bertz CT molecular complexity index is 1490. The summed E-state index contributed by atoms with van der Waals surface area (Å²) in [5, 5.41) is 2.04. The Labute approximate surface area is 227 Å². The van der Waals surface area contributed by atoms with Gasteiger partial charge in [-0.15, -0.1) is 0 Å². The molecule has 5 rings (SSSR count). The van der Waals surface area contributed by atoms with E-state index in [9.17, 15) is 9.59 Å². The number of fused-ring (bicyclic) bond motifs is 1. The molecule has 0 spiro atoms. The molecule has 1 heterocycles. The third kappa shape index (κ3) is 5.12. The van der Waals surface area contributed by atoms with E-state index in [-0.39, 0.29) is 11.1 Å². The number of carbonyl (C=O) groups excluding carboxylic acids is 2. The van der Waals surface area contributed by atoms with Crippen LogP contribution in [0.5, 0.6) is 11.5 Å². The first-order chi connectivity index (χ1) is 17.5. The largest absolute Gasteiger partial charge is 0.490 e. The molecule has 0 unspecified atom stereocenters. The van der Waals surface area contributed by atoms with Crippen LogP contribution < -0.4 is 14.4 Å². The molecular weight excluding hydrogens is 585 g/mol. The monoisotopic (exact) mass is 607 g/mol. The van der Waals surface area contributed by atoms with E-state index >= 15 is 0 Å². The summed E-state index contributed by atoms with van der Waals surface area (Å²) in [6.07, 6.45) is 1.73. The molecule has 0 radical (unpaired) electrons. The van der Waals surface area contributed by atoms with Gasteiger partial charge in [0.05, 0.1) is 20.8 Å². The van der Waals surface area contributed by atoms with Crippen molar-refractivity contribution in [2.45, 2.75) is 13.5 Å². The zero-order valence-corrected chi connectivity index (χ0v) is 22.4. The molecule has 1 saturated heterocycles. The topological polar surface area (TPSA) is 55.8 Å². The number of carbonyl (C=O) groups is 2. The van der Waals surface area contributed by atoms with Crippen molar-refractivity contribution in [2.24, 2.45) is 0 Å². The highest BCUT2D eigenvalue weighted by molar-refractivity contribution is 14.1. The predicted octanol–water partition coefficient (Wildman–Crippen LogP) is 7.66. The van der Waals surface area contributed by atoms with Crippen molar-refractivity contribution < 1.29 is 19.1 Å². The van der Waals surface area contributed by atoms with Crippen molar-refractivity contribution in [2.75, 3.05) is 11.5 Å². The van der Waals surface area contributed by atoms with E-state index < -0.39 is 0 Å². The normalized spacial score (nSPS) is 14.6. The highest BCUT2D eigenvalue weighted by Gasteiger charge is 2.36. The third-order valence-electron chi connectivity index (χ3n) is 5.63. The maximum atomic E-state index is 13.0. The van der Waals surface area contributed by atoms with Crippen LogP contribution in [0.15, 0.2) is 89.8 Å². The zero-order valence-electron chi connectivity index (χ0n) is 19.4. The fraction of sp³-hybridized carbons (Fsp3) is 0.103. The molecule has 36 heavy (non-hydrogen) atoms. The lowest BCUT2D eigenvalue weighted by molar-refractivity contribution is -0.113. The number of para-hydroxylation sites is 1. The van der Waals surface area contributed by atoms with Gasteiger partial charge in [-0.1, -0.05) is 54.6 Å². The van der Waals surface area contributed by atoms with Crippen LogP contribution in [-0.4, -0.2) is 17.8 Å². The van der Waals surface area contributed by atoms with Crippen molar-refractivity contribution in [1.29, 1.82) is 0 Å². The molecule has 2 amide bonds. The van der Waals surface area contributed by atoms with Crippen molar-refractivity contribution in [3.05, 3.63) is 105 Å². The van der Waals surface area contributed by atoms with E-state index in [4.69, 9.17) is 9.47 Å². The molecular formula is C29H22INO4S. The van der Waals surface area contributed by atoms with Crippen molar-refractivity contribution in [1.82, 2.24) is 0 Å². The van der Waals surface area contributed by atoms with E-state index in [0.29, 0.717) is 35.3 Å². The minimum Gasteiger partial charge on any atom is -0.490 e. The quantitative estimate of drug-likeness (QED) is 0.160. The molecule has 7 heteroatoms. The SMILES string of the molecule is CCOc1cc(/C=C2\SC(=O)N(c3ccccc3)C2=O)cc(I)c1OCc1ccc2ccccc2c1. The molecule has 0 aliphatic carbocycles. The number of benzene rings is 4. The lowest BCUT2D eigenvalue weighted by Gasteiger charge is -2.15. The summed E-state index contributed by atoms with van der Waals surface area (Å²) in [6, 6.07) is 27.2. The molecule has 1 aliphatic heterocycles. The van der Waals surface area contributed by atoms with Crippen molar-refractivity contribution in [3.8, 4) is 11.5 Å². The van der Waals surface area contributed by atoms with Gasteiger partial charge in [-0.05, 0) is 99.6 Å². The Balaban J connectivity index is 1.40. The summed E-state index contributed by atoms with van der Waals surface area (Å²) in [6.45, 7) is 2.78. The number of thioether (sulfide) groups is 1. The van der Waals surface area contributed by atoms with Crippen LogP contribution in [0.4, 0.5) is 10.5 Å². The summed E-state index contributed by atoms with van der Waals surface area (Å²) >= 11 is 3.15. The molecule has 0 saturated carbocycles. The second kappa shape index (κ2) is 10.8. The van der Waals surface area contributed by atoms with Crippen molar-refractivity contribution >= 4 is 68.0 Å². The van der Waals surface area contributed by atoms with Crippen LogP contribution in [0.25, 0.3) is 16.8 Å². The minimum absolute atomic E-state index is 0.312. The highest BCUT2D eigenvalue weighted by atomic mass is 127. The minimum atomic E-state index is -0.333. The number of halogens is 1. The number of hydrogen-bond acceptors (Lipinski definition) is 5. The average molecular weight is 607 g/mol. The lowest BCUT2D eigenvalue weighted by atomic mass is 10.1. The Kier molecular flexibility index (Phi) is 7.29. The van der Waals surface area contributed by atoms with Crippen LogP contribution in [0.1, 0.15) is 18.1 Å². The molecule has 4 aromatic rings. The Morgan fingerprint density at radius 2 is 1.64 bits per heavy atom. The summed E-state index contributed by atoms with van der Waals surface area (Å²) in [5.74, 6) is 0.916. The fourth-order valence-corrected chi connectivity index (χ4v) is 5.60. The second-order valence-electron chi connectivity index (χ2n) is 8.09. The van der Waals surface area contributed by atoms with Gasteiger partial charge in [0, 0.05) is 0 Å². The van der Waals surface area contributed by atoms with E-state index in [1.165, 1.54) is 10.3 Å². The molecule has 180 valence electrons. The van der Waals surface area contributed by atoms with Crippen LogP contribution in [0.2, 0.25) is 0 Å². The van der Waals surface area contributed by atoms with E-state index in [0.717, 1.165) is 31.8 Å². The highest BCUT2D eigenvalue weighted by Crippen LogP contribution is 2.39. The Hall–Kier alpha value is -3.30. The van der Waals surface area contributed by atoms with Gasteiger partial charge in [-0.2, -0.15) is 0 Å². The first-order valence-electron chi connectivity index (χ1n) is 11.4. The van der Waals surface area contributed by atoms with Gasteiger partial charge >= 0.3 is 0 Å². The third-order valence-corrected chi connectivity index (χ3v) is 7.31. The fourth-order valence-electron chi connectivity index (χ4n) is 3.98. The van der Waals surface area contributed by atoms with Gasteiger partial charge in [0.25, 0.3) is 11.1 Å². The van der Waals surface area contributed by atoms with Crippen LogP contribution in [-0.2, 0) is 11.4 Å². The number of imide groups is 1. The lowest BCUT2D eigenvalue weighted by Crippen LogP contribution is -2.27. The zero-order chi connectivity index (χ0) is 25.1. The van der Waals surface area contributed by atoms with Gasteiger partial charge in [0.2, 0.25) is 0 Å². The summed E-state index contributed by atoms with van der Waals surface area (Å²) in [5.41, 5.74) is 2.38. The maximum Gasteiger partial charge on any atom is 0.298 e. The van der Waals surface area contributed by atoms with Gasteiger partial charge in [0.15, 0.2) is 11.5 Å². The number of amides is 2. The molecule has 1 fully saturated rings. The standard InChI is InChI=1S/C29H22INO4S/c1-2-34-25-16-20(17-26-28(32)31(29(33)36-26)23-10-4-3-5-11-23)15-24(30)27(25)35-18-19-12-13-21-8-6-7-9-22(21)14-19/h3-17H,2,18H2,1H3/b26-17-. The first kappa shape index (κ1) is 24.4. The molecule has 0 atom stereocenters. The molecule has 0 N–H and O–H groups in total. The molecule has 0 bridgehead atoms. The van der Waals surface area contributed by atoms with Crippen molar-refractivity contribution in [3.63, 3.8) is 0 Å². The predicted molar refractivity (Wildman–Crippen MR) is 153 cm³/mol. The van der Waals surface area contributed by atoms with E-state index in [1.807, 2.05) is 37.3 Å². The molecule has 1 aliphatic rings. The Morgan fingerprint density at radius 1 is 0.889 bits per heavy atom. The van der Waals surface area contributed by atoms with Gasteiger partial charge in [0.1, 0.15) is 6.61 Å². The number of rotatable bonds is 7. The molecule has 0 aromatic heterocycles. The second-order valence-corrected chi connectivity index (χ2v) is 10.2. The number of hydrogen-bond donors (Lipinski definition) is 0. The number of ether oxygens (including phenoxy) is 2. The first-order valence-corrected chi connectivity index (χ1v) is 13.3.